The van der Waals surface area contributed by atoms with E-state index in [1.54, 1.807) is 0 Å². The van der Waals surface area contributed by atoms with Gasteiger partial charge in [0.1, 0.15) is 12.1 Å². The Morgan fingerprint density at radius 1 is 0.865 bits per heavy atom. The number of aromatic amines is 1. The number of H-pyrrole nitrogens is 1. The molecule has 37 heavy (non-hydrogen) atoms. The molecule has 1 aromatic heterocycles. The number of carbonyl (C=O) groups excluding carboxylic acids is 3. The van der Waals surface area contributed by atoms with Crippen LogP contribution in [0.5, 0.6) is 0 Å². The molecule has 0 fully saturated rings. The predicted octanol–water partition coefficient (Wildman–Crippen LogP) is 4.51. The lowest BCUT2D eigenvalue weighted by Gasteiger charge is -2.25. The van der Waals surface area contributed by atoms with Gasteiger partial charge in [-0.15, -0.1) is 0 Å². The lowest BCUT2D eigenvalue weighted by molar-refractivity contribution is -0.146. The van der Waals surface area contributed by atoms with Crippen molar-refractivity contribution in [3.05, 3.63) is 71.4 Å². The quantitative estimate of drug-likeness (QED) is 0.334. The van der Waals surface area contributed by atoms with Crippen LogP contribution in [0.1, 0.15) is 57.2 Å². The van der Waals surface area contributed by atoms with Crippen LogP contribution in [-0.4, -0.2) is 42.0 Å². The van der Waals surface area contributed by atoms with E-state index in [4.69, 9.17) is 4.74 Å². The highest BCUT2D eigenvalue weighted by molar-refractivity contribution is 5.93. The second-order valence-electron chi connectivity index (χ2n) is 10.4. The first kappa shape index (κ1) is 28.0. The van der Waals surface area contributed by atoms with Crippen molar-refractivity contribution in [1.82, 2.24) is 15.6 Å². The zero-order valence-electron chi connectivity index (χ0n) is 22.6. The number of fused-ring (bicyclic) bond motifs is 1. The summed E-state index contributed by atoms with van der Waals surface area (Å²) in [5, 5.41) is 6.73. The van der Waals surface area contributed by atoms with Gasteiger partial charge in [-0.25, -0.2) is 4.79 Å². The first-order valence-corrected chi connectivity index (χ1v) is 12.9. The maximum atomic E-state index is 13.4. The molecule has 3 atom stereocenters. The van der Waals surface area contributed by atoms with Gasteiger partial charge in [0.05, 0.1) is 13.0 Å². The molecule has 3 aromatic rings. The minimum atomic E-state index is -0.875. The van der Waals surface area contributed by atoms with Gasteiger partial charge >= 0.3 is 5.97 Å². The molecule has 0 aliphatic rings. The summed E-state index contributed by atoms with van der Waals surface area (Å²) in [7, 11) is 1.29. The third kappa shape index (κ3) is 7.21. The van der Waals surface area contributed by atoms with Crippen LogP contribution >= 0.6 is 0 Å². The van der Waals surface area contributed by atoms with Crippen molar-refractivity contribution in [1.29, 1.82) is 0 Å². The molecule has 0 saturated carbocycles. The summed E-state index contributed by atoms with van der Waals surface area (Å²) >= 11 is 0. The molecule has 0 radical (unpaired) electrons. The minimum absolute atomic E-state index is 0.177. The SMILES string of the molecule is COC(=O)[C@@H](NC(=O)[C@H](Cc1c[nH]c2ccccc12)NC(=O)C(C)c1ccc(CC(C)C)cc1)C(C)C. The number of nitrogens with one attached hydrogen (secondary N) is 3. The normalized spacial score (nSPS) is 13.8. The zero-order valence-corrected chi connectivity index (χ0v) is 22.6. The summed E-state index contributed by atoms with van der Waals surface area (Å²) in [6, 6.07) is 14.2. The zero-order chi connectivity index (χ0) is 27.1. The molecule has 0 aliphatic carbocycles. The molecule has 7 nitrogen and oxygen atoms in total. The number of para-hydroxylation sites is 1. The van der Waals surface area contributed by atoms with Crippen molar-refractivity contribution in [3.8, 4) is 0 Å². The Labute approximate surface area is 219 Å². The van der Waals surface area contributed by atoms with Crippen molar-refractivity contribution in [3.63, 3.8) is 0 Å². The van der Waals surface area contributed by atoms with Crippen molar-refractivity contribution in [2.45, 2.75) is 65.5 Å². The van der Waals surface area contributed by atoms with Crippen LogP contribution in [0.3, 0.4) is 0 Å². The van der Waals surface area contributed by atoms with Crippen LogP contribution < -0.4 is 10.6 Å². The highest BCUT2D eigenvalue weighted by Gasteiger charge is 2.31. The number of carbonyl (C=O) groups is 3. The van der Waals surface area contributed by atoms with E-state index in [9.17, 15) is 14.4 Å². The number of rotatable bonds is 11. The van der Waals surface area contributed by atoms with E-state index in [-0.39, 0.29) is 18.2 Å². The van der Waals surface area contributed by atoms with Gasteiger partial charge in [-0.05, 0) is 47.9 Å². The molecule has 3 rings (SSSR count). The van der Waals surface area contributed by atoms with Gasteiger partial charge in [-0.2, -0.15) is 0 Å². The Balaban J connectivity index is 1.83. The maximum absolute atomic E-state index is 13.4. The lowest BCUT2D eigenvalue weighted by Crippen LogP contribution is -2.54. The van der Waals surface area contributed by atoms with Gasteiger partial charge in [0, 0.05) is 23.5 Å². The van der Waals surface area contributed by atoms with Gasteiger partial charge in [-0.3, -0.25) is 9.59 Å². The third-order valence-electron chi connectivity index (χ3n) is 6.67. The summed E-state index contributed by atoms with van der Waals surface area (Å²) < 4.78 is 4.88. The van der Waals surface area contributed by atoms with Crippen LogP contribution in [0.2, 0.25) is 0 Å². The minimum Gasteiger partial charge on any atom is -0.467 e. The highest BCUT2D eigenvalue weighted by Crippen LogP contribution is 2.21. The Bertz CT molecular complexity index is 1210. The second kappa shape index (κ2) is 12.6. The van der Waals surface area contributed by atoms with Crippen LogP contribution in [0.15, 0.2) is 54.7 Å². The fourth-order valence-corrected chi connectivity index (χ4v) is 4.47. The van der Waals surface area contributed by atoms with Crippen LogP contribution in [-0.2, 0) is 32.0 Å². The molecule has 0 bridgehead atoms. The maximum Gasteiger partial charge on any atom is 0.328 e. The number of amides is 2. The average Bonchev–Trinajstić information content (AvgIpc) is 3.28. The molecule has 2 aromatic carbocycles. The molecule has 2 amide bonds. The van der Waals surface area contributed by atoms with Crippen LogP contribution in [0.4, 0.5) is 0 Å². The molecule has 1 heterocycles. The molecule has 0 aliphatic heterocycles. The Kier molecular flexibility index (Phi) is 9.50. The molecule has 198 valence electrons. The predicted molar refractivity (Wildman–Crippen MR) is 146 cm³/mol. The fraction of sp³-hybridized carbons (Fsp3) is 0.433. The molecule has 0 spiro atoms. The molecule has 3 N–H and O–H groups in total. The Morgan fingerprint density at radius 3 is 2.16 bits per heavy atom. The van der Waals surface area contributed by atoms with E-state index in [0.29, 0.717) is 5.92 Å². The lowest BCUT2D eigenvalue weighted by atomic mass is 9.95. The van der Waals surface area contributed by atoms with Gasteiger partial charge in [0.25, 0.3) is 0 Å². The highest BCUT2D eigenvalue weighted by atomic mass is 16.5. The number of hydrogen-bond donors (Lipinski definition) is 3. The molecule has 7 heteroatoms. The first-order chi connectivity index (χ1) is 17.6. The average molecular weight is 506 g/mol. The molecular weight excluding hydrogens is 466 g/mol. The largest absolute Gasteiger partial charge is 0.467 e. The third-order valence-corrected chi connectivity index (χ3v) is 6.67. The summed E-state index contributed by atoms with van der Waals surface area (Å²) in [6.07, 6.45) is 3.10. The van der Waals surface area contributed by atoms with Gasteiger partial charge in [0.15, 0.2) is 0 Å². The summed E-state index contributed by atoms with van der Waals surface area (Å²) in [5.41, 5.74) is 3.96. The van der Waals surface area contributed by atoms with E-state index in [1.807, 2.05) is 63.4 Å². The number of benzene rings is 2. The van der Waals surface area contributed by atoms with E-state index in [2.05, 4.69) is 41.6 Å². The Morgan fingerprint density at radius 2 is 1.54 bits per heavy atom. The van der Waals surface area contributed by atoms with E-state index in [1.165, 1.54) is 12.7 Å². The molecule has 1 unspecified atom stereocenters. The van der Waals surface area contributed by atoms with Crippen LogP contribution in [0.25, 0.3) is 10.9 Å². The summed E-state index contributed by atoms with van der Waals surface area (Å²) in [6.45, 7) is 9.85. The van der Waals surface area contributed by atoms with Crippen molar-refractivity contribution in [2.75, 3.05) is 7.11 Å². The number of ether oxygens (including phenoxy) is 1. The number of methoxy groups -OCH3 is 1. The molecule has 0 saturated heterocycles. The van der Waals surface area contributed by atoms with Gasteiger partial charge < -0.3 is 20.4 Å². The second-order valence-corrected chi connectivity index (χ2v) is 10.4. The standard InChI is InChI=1S/C30H39N3O4/c1-18(2)15-21-11-13-22(14-12-21)20(5)28(34)32-26(29(35)33-27(19(3)4)30(36)37-6)16-23-17-31-25-10-8-7-9-24(23)25/h7-14,17-20,26-27,31H,15-16H2,1-6H3,(H,32,34)(H,33,35)/t20?,26-,27-/m0/s1. The van der Waals surface area contributed by atoms with E-state index >= 15 is 0 Å². The van der Waals surface area contributed by atoms with E-state index in [0.717, 1.165) is 28.5 Å². The topological polar surface area (TPSA) is 100 Å². The fourth-order valence-electron chi connectivity index (χ4n) is 4.47. The number of esters is 1. The summed E-state index contributed by atoms with van der Waals surface area (Å²) in [4.78, 5) is 42.3. The van der Waals surface area contributed by atoms with Crippen molar-refractivity contribution < 1.29 is 19.1 Å². The van der Waals surface area contributed by atoms with Gasteiger partial charge in [-0.1, -0.05) is 70.2 Å². The molecular formula is C30H39N3O4. The number of aromatic nitrogens is 1. The van der Waals surface area contributed by atoms with Crippen molar-refractivity contribution >= 4 is 28.7 Å². The van der Waals surface area contributed by atoms with E-state index < -0.39 is 29.9 Å². The number of hydrogen-bond acceptors (Lipinski definition) is 4. The first-order valence-electron chi connectivity index (χ1n) is 12.9. The smallest absolute Gasteiger partial charge is 0.328 e. The monoisotopic (exact) mass is 505 g/mol. The summed E-state index contributed by atoms with van der Waals surface area (Å²) in [5.74, 6) is -1.28. The Hall–Kier alpha value is -3.61. The van der Waals surface area contributed by atoms with Crippen molar-refractivity contribution in [2.24, 2.45) is 11.8 Å². The van der Waals surface area contributed by atoms with Crippen LogP contribution in [0, 0.1) is 11.8 Å². The van der Waals surface area contributed by atoms with Gasteiger partial charge in [0.2, 0.25) is 11.8 Å².